The third kappa shape index (κ3) is 2.17. The summed E-state index contributed by atoms with van der Waals surface area (Å²) in [5.41, 5.74) is 3.14. The zero-order valence-corrected chi connectivity index (χ0v) is 12.7. The molecular formula is C16H15N2S2. The highest BCUT2D eigenvalue weighted by atomic mass is 32.2. The van der Waals surface area contributed by atoms with Crippen LogP contribution in [0, 0.1) is 12.1 Å². The minimum absolute atomic E-state index is 0.503. The van der Waals surface area contributed by atoms with Crippen LogP contribution in [0.25, 0.3) is 4.91 Å². The van der Waals surface area contributed by atoms with Crippen LogP contribution in [0.2, 0.25) is 0 Å². The largest absolute Gasteiger partial charge is 0.326 e. The summed E-state index contributed by atoms with van der Waals surface area (Å²) in [6.07, 6.45) is 9.61. The Balaban J connectivity index is 1.68. The molecule has 1 aliphatic carbocycles. The molecule has 1 aliphatic heterocycles. The van der Waals surface area contributed by atoms with Crippen LogP contribution in [-0.4, -0.2) is 10.4 Å². The molecule has 2 heterocycles. The molecule has 1 saturated carbocycles. The summed E-state index contributed by atoms with van der Waals surface area (Å²) in [5.74, 6) is 0.790. The molecule has 1 unspecified atom stereocenters. The zero-order chi connectivity index (χ0) is 13.4. The second-order valence-electron chi connectivity index (χ2n) is 5.21. The van der Waals surface area contributed by atoms with Gasteiger partial charge in [-0.2, -0.15) is 0 Å². The van der Waals surface area contributed by atoms with Crippen LogP contribution in [0.5, 0.6) is 0 Å². The normalized spacial score (nSPS) is 22.7. The van der Waals surface area contributed by atoms with Crippen molar-refractivity contribution in [2.45, 2.75) is 24.6 Å². The highest BCUT2D eigenvalue weighted by Crippen LogP contribution is 2.49. The Morgan fingerprint density at radius 1 is 1.20 bits per heavy atom. The number of thiazole rings is 1. The Labute approximate surface area is 127 Å². The van der Waals surface area contributed by atoms with Crippen LogP contribution >= 0.6 is 23.1 Å². The average Bonchev–Trinajstić information content (AvgIpc) is 3.06. The molecule has 1 aromatic heterocycles. The minimum atomic E-state index is 0.503. The maximum absolute atomic E-state index is 4.19. The number of rotatable bonds is 3. The van der Waals surface area contributed by atoms with E-state index in [2.05, 4.69) is 46.4 Å². The highest BCUT2D eigenvalue weighted by Gasteiger charge is 2.37. The predicted octanol–water partition coefficient (Wildman–Crippen LogP) is 4.62. The third-order valence-corrected chi connectivity index (χ3v) is 6.26. The lowest BCUT2D eigenvalue weighted by Gasteiger charge is -2.36. The van der Waals surface area contributed by atoms with Crippen LogP contribution in [-0.2, 0) is 0 Å². The average molecular weight is 299 g/mol. The second kappa shape index (κ2) is 5.26. The fourth-order valence-corrected chi connectivity index (χ4v) is 4.75. The van der Waals surface area contributed by atoms with Crippen molar-refractivity contribution in [3.05, 3.63) is 53.1 Å². The summed E-state index contributed by atoms with van der Waals surface area (Å²) in [4.78, 5) is 9.01. The standard InChI is InChI=1S/C16H15N2S2/c1-2-7-13(8-3-1)18-10-15(14-9-17-11-19-14)20-16(18)12-5-4-6-12/h1-3,7-9,11-12,16H,4-6H2. The molecule has 2 aliphatic rings. The molecule has 1 atom stereocenters. The first kappa shape index (κ1) is 12.5. The van der Waals surface area contributed by atoms with E-state index in [4.69, 9.17) is 0 Å². The van der Waals surface area contributed by atoms with E-state index >= 15 is 0 Å². The molecule has 2 aromatic rings. The van der Waals surface area contributed by atoms with Gasteiger partial charge in [-0.05, 0) is 30.9 Å². The summed E-state index contributed by atoms with van der Waals surface area (Å²) in [7, 11) is 0. The van der Waals surface area contributed by atoms with Gasteiger partial charge in [-0.3, -0.25) is 4.98 Å². The van der Waals surface area contributed by atoms with E-state index in [9.17, 15) is 0 Å². The lowest BCUT2D eigenvalue weighted by Crippen LogP contribution is -2.35. The number of hydrogen-bond donors (Lipinski definition) is 0. The van der Waals surface area contributed by atoms with Crippen LogP contribution in [0.4, 0.5) is 5.69 Å². The van der Waals surface area contributed by atoms with Gasteiger partial charge in [-0.15, -0.1) is 11.3 Å². The van der Waals surface area contributed by atoms with E-state index in [0.29, 0.717) is 5.37 Å². The molecule has 0 spiro atoms. The fraction of sp³-hybridized carbons (Fsp3) is 0.312. The van der Waals surface area contributed by atoms with Crippen molar-refractivity contribution < 1.29 is 0 Å². The summed E-state index contributed by atoms with van der Waals surface area (Å²) < 4.78 is 0. The van der Waals surface area contributed by atoms with E-state index < -0.39 is 0 Å². The first-order valence-electron chi connectivity index (χ1n) is 6.95. The molecule has 4 heteroatoms. The quantitative estimate of drug-likeness (QED) is 0.822. The smallest absolute Gasteiger partial charge is 0.0876 e. The van der Waals surface area contributed by atoms with E-state index in [0.717, 1.165) is 5.92 Å². The van der Waals surface area contributed by atoms with Crippen LogP contribution in [0.1, 0.15) is 24.1 Å². The van der Waals surface area contributed by atoms with Crippen molar-refractivity contribution in [3.63, 3.8) is 0 Å². The van der Waals surface area contributed by atoms with Crippen molar-refractivity contribution in [1.82, 2.24) is 4.98 Å². The van der Waals surface area contributed by atoms with Gasteiger partial charge in [0.1, 0.15) is 0 Å². The van der Waals surface area contributed by atoms with E-state index in [1.807, 2.05) is 23.5 Å². The van der Waals surface area contributed by atoms with Crippen molar-refractivity contribution in [3.8, 4) is 0 Å². The molecule has 0 N–H and O–H groups in total. The Hall–Kier alpha value is -1.26. The first-order chi connectivity index (χ1) is 9.92. The summed E-state index contributed by atoms with van der Waals surface area (Å²) in [6, 6.07) is 10.6. The topological polar surface area (TPSA) is 16.1 Å². The van der Waals surface area contributed by atoms with Gasteiger partial charge in [0.25, 0.3) is 0 Å². The van der Waals surface area contributed by atoms with E-state index in [1.54, 1.807) is 11.3 Å². The lowest BCUT2D eigenvalue weighted by atomic mass is 9.84. The molecule has 0 saturated heterocycles. The lowest BCUT2D eigenvalue weighted by molar-refractivity contribution is 0.308. The number of thioether (sulfide) groups is 1. The predicted molar refractivity (Wildman–Crippen MR) is 86.4 cm³/mol. The van der Waals surface area contributed by atoms with Gasteiger partial charge in [0.2, 0.25) is 0 Å². The van der Waals surface area contributed by atoms with E-state index in [1.165, 1.54) is 34.7 Å². The second-order valence-corrected chi connectivity index (χ2v) is 7.22. The molecule has 4 rings (SSSR count). The zero-order valence-electron chi connectivity index (χ0n) is 11.0. The summed E-state index contributed by atoms with van der Waals surface area (Å²) in [5, 5.41) is 0.503. The number of para-hydroxylation sites is 1. The van der Waals surface area contributed by atoms with Gasteiger partial charge in [0, 0.05) is 11.9 Å². The number of aromatic nitrogens is 1. The molecule has 1 fully saturated rings. The fourth-order valence-electron chi connectivity index (χ4n) is 2.65. The van der Waals surface area contributed by atoms with Gasteiger partial charge in [0.05, 0.1) is 26.9 Å². The van der Waals surface area contributed by atoms with Gasteiger partial charge in [0.15, 0.2) is 0 Å². The van der Waals surface area contributed by atoms with Crippen molar-refractivity contribution in [2.75, 3.05) is 4.90 Å². The monoisotopic (exact) mass is 299 g/mol. The Morgan fingerprint density at radius 3 is 2.70 bits per heavy atom. The van der Waals surface area contributed by atoms with Crippen LogP contribution in [0.15, 0.2) is 42.0 Å². The number of benzene rings is 1. The maximum atomic E-state index is 4.19. The summed E-state index contributed by atoms with van der Waals surface area (Å²) >= 11 is 3.66. The van der Waals surface area contributed by atoms with Gasteiger partial charge in [-0.25, -0.2) is 0 Å². The molecule has 0 bridgehead atoms. The molecule has 20 heavy (non-hydrogen) atoms. The van der Waals surface area contributed by atoms with Crippen LogP contribution < -0.4 is 4.90 Å². The minimum Gasteiger partial charge on any atom is -0.326 e. The number of hydrogen-bond acceptors (Lipinski definition) is 4. The molecule has 2 nitrogen and oxygen atoms in total. The van der Waals surface area contributed by atoms with Gasteiger partial charge >= 0.3 is 0 Å². The van der Waals surface area contributed by atoms with Gasteiger partial charge in [-0.1, -0.05) is 36.4 Å². The molecule has 1 aromatic carbocycles. The van der Waals surface area contributed by atoms with Crippen molar-refractivity contribution in [1.29, 1.82) is 0 Å². The van der Waals surface area contributed by atoms with E-state index in [-0.39, 0.29) is 0 Å². The molecule has 0 amide bonds. The number of nitrogens with zero attached hydrogens (tertiary/aromatic N) is 2. The SMILES string of the molecule is [C]1=C(c2cncs2)SC(C2CCC2)N1c1ccccc1. The highest BCUT2D eigenvalue weighted by molar-refractivity contribution is 8.09. The molecule has 101 valence electrons. The van der Waals surface area contributed by atoms with Crippen LogP contribution in [0.3, 0.4) is 0 Å². The van der Waals surface area contributed by atoms with Crippen molar-refractivity contribution >= 4 is 33.7 Å². The Kier molecular flexibility index (Phi) is 3.28. The molecule has 1 radical (unpaired) electrons. The summed E-state index contributed by atoms with van der Waals surface area (Å²) in [6.45, 7) is 0. The van der Waals surface area contributed by atoms with Gasteiger partial charge < -0.3 is 4.90 Å². The first-order valence-corrected chi connectivity index (χ1v) is 8.71. The van der Waals surface area contributed by atoms with Crippen molar-refractivity contribution in [2.24, 2.45) is 5.92 Å². The Bertz CT molecular complexity index is 603. The third-order valence-electron chi connectivity index (χ3n) is 3.96. The Morgan fingerprint density at radius 2 is 2.05 bits per heavy atom. The number of anilines is 1. The molecular weight excluding hydrogens is 284 g/mol. The maximum Gasteiger partial charge on any atom is 0.0876 e.